The van der Waals surface area contributed by atoms with Gasteiger partial charge in [-0.05, 0) is 42.9 Å². The average Bonchev–Trinajstić information content (AvgIpc) is 3.31. The predicted molar refractivity (Wildman–Crippen MR) is 115 cm³/mol. The number of hydrogen-bond acceptors (Lipinski definition) is 7. The van der Waals surface area contributed by atoms with Crippen LogP contribution in [0, 0.1) is 18.8 Å². The van der Waals surface area contributed by atoms with Gasteiger partial charge >= 0.3 is 0 Å². The smallest absolute Gasteiger partial charge is 0.167 e. The fraction of sp³-hybridized carbons (Fsp3) is 0.300. The number of hydrogen-bond donors (Lipinski definition) is 0. The fourth-order valence-corrected chi connectivity index (χ4v) is 3.64. The van der Waals surface area contributed by atoms with E-state index in [1.54, 1.807) is 0 Å². The molecule has 0 fully saturated rings. The van der Waals surface area contributed by atoms with Crippen molar-refractivity contribution in [3.05, 3.63) is 61.5 Å². The van der Waals surface area contributed by atoms with E-state index in [0.717, 1.165) is 40.4 Å². The van der Waals surface area contributed by atoms with Crippen LogP contribution in [0.3, 0.4) is 0 Å². The molecule has 2 heterocycles. The number of rotatable bonds is 7. The largest absolute Gasteiger partial charge is 0.389 e. The van der Waals surface area contributed by atoms with Crippen molar-refractivity contribution < 1.29 is 4.84 Å². The van der Waals surface area contributed by atoms with Gasteiger partial charge in [-0.3, -0.25) is 0 Å². The van der Waals surface area contributed by atoms with Crippen LogP contribution in [0.1, 0.15) is 53.0 Å². The summed E-state index contributed by atoms with van der Waals surface area (Å²) < 4.78 is 4.00. The Bertz CT molecular complexity index is 1020. The van der Waals surface area contributed by atoms with E-state index in [0.29, 0.717) is 16.4 Å². The van der Waals surface area contributed by atoms with E-state index in [9.17, 15) is 0 Å². The van der Waals surface area contributed by atoms with Crippen LogP contribution in [0.5, 0.6) is 0 Å². The van der Waals surface area contributed by atoms with Gasteiger partial charge in [0.15, 0.2) is 11.6 Å². The Morgan fingerprint density at radius 1 is 1.36 bits per heavy atom. The lowest BCUT2D eigenvalue weighted by Gasteiger charge is -2.05. The molecule has 0 aliphatic heterocycles. The maximum absolute atomic E-state index is 6.13. The Morgan fingerprint density at radius 3 is 3.00 bits per heavy atom. The van der Waals surface area contributed by atoms with Crippen LogP contribution in [0.25, 0.3) is 0 Å². The molecule has 3 rings (SSSR count). The maximum atomic E-state index is 6.13. The lowest BCUT2D eigenvalue weighted by molar-refractivity contribution is 0.128. The Labute approximate surface area is 177 Å². The molecular formula is C20H19ClN4OS2. The molecule has 0 saturated heterocycles. The van der Waals surface area contributed by atoms with E-state index in [2.05, 4.69) is 38.5 Å². The molecule has 0 aliphatic carbocycles. The predicted octanol–water partition coefficient (Wildman–Crippen LogP) is 5.47. The minimum atomic E-state index is 0.258. The molecule has 0 amide bonds. The fourth-order valence-electron chi connectivity index (χ4n) is 2.32. The summed E-state index contributed by atoms with van der Waals surface area (Å²) >= 11 is 8.97. The molecule has 5 nitrogen and oxygen atoms in total. The summed E-state index contributed by atoms with van der Waals surface area (Å²) in [6.45, 7) is 4.36. The molecule has 0 spiro atoms. The van der Waals surface area contributed by atoms with Gasteiger partial charge in [-0.15, -0.1) is 16.4 Å². The monoisotopic (exact) mass is 430 g/mol. The van der Waals surface area contributed by atoms with Crippen molar-refractivity contribution in [2.45, 2.75) is 39.7 Å². The topological polar surface area (TPSA) is 60.3 Å². The Hall–Kier alpha value is -2.27. The van der Waals surface area contributed by atoms with Gasteiger partial charge in [-0.2, -0.15) is 0 Å². The molecule has 0 atom stereocenters. The van der Waals surface area contributed by atoms with Gasteiger partial charge < -0.3 is 4.84 Å². The van der Waals surface area contributed by atoms with Crippen LogP contribution in [0.4, 0.5) is 0 Å². The van der Waals surface area contributed by atoms with Crippen LogP contribution in [0.15, 0.2) is 34.8 Å². The third kappa shape index (κ3) is 5.61. The molecule has 8 heteroatoms. The standard InChI is InChI=1S/C20H19ClN4OS2/c1-3-4-5-6-10-18-22-17(13-27-18)12-26-24-20(19-14(2)28-25-23-19)15-8-7-9-16(21)11-15/h7-9,11,13H,3-5,12H2,1-2H3/b24-20-. The first-order chi connectivity index (χ1) is 13.7. The van der Waals surface area contributed by atoms with E-state index < -0.39 is 0 Å². The highest BCUT2D eigenvalue weighted by molar-refractivity contribution is 7.10. The molecule has 0 bridgehead atoms. The number of nitrogens with zero attached hydrogens (tertiary/aromatic N) is 4. The molecule has 0 unspecified atom stereocenters. The number of unbranched alkanes of at least 4 members (excludes halogenated alkanes) is 2. The molecule has 3 aromatic rings. The third-order valence-electron chi connectivity index (χ3n) is 3.75. The Kier molecular flexibility index (Phi) is 7.54. The molecule has 0 aliphatic rings. The van der Waals surface area contributed by atoms with Crippen molar-refractivity contribution in [2.75, 3.05) is 0 Å². The number of aromatic nitrogens is 3. The zero-order chi connectivity index (χ0) is 19.8. The Morgan fingerprint density at radius 2 is 2.25 bits per heavy atom. The minimum absolute atomic E-state index is 0.258. The average molecular weight is 431 g/mol. The second-order valence-corrected chi connectivity index (χ2v) is 8.20. The number of aryl methyl sites for hydroxylation is 1. The van der Waals surface area contributed by atoms with Gasteiger partial charge in [0, 0.05) is 22.4 Å². The summed E-state index contributed by atoms with van der Waals surface area (Å²) in [4.78, 5) is 11.0. The normalized spacial score (nSPS) is 11.2. The zero-order valence-corrected chi connectivity index (χ0v) is 18.0. The highest BCUT2D eigenvalue weighted by atomic mass is 35.5. The minimum Gasteiger partial charge on any atom is -0.389 e. The number of thiazole rings is 1. The van der Waals surface area contributed by atoms with Crippen molar-refractivity contribution in [3.8, 4) is 11.8 Å². The molecule has 2 aromatic heterocycles. The van der Waals surface area contributed by atoms with Crippen molar-refractivity contribution in [1.82, 2.24) is 14.6 Å². The van der Waals surface area contributed by atoms with Crippen molar-refractivity contribution >= 4 is 40.2 Å². The van der Waals surface area contributed by atoms with Gasteiger partial charge in [0.1, 0.15) is 11.4 Å². The summed E-state index contributed by atoms with van der Waals surface area (Å²) in [5, 5.41) is 11.9. The summed E-state index contributed by atoms with van der Waals surface area (Å²) in [6.07, 6.45) is 3.16. The second-order valence-electron chi connectivity index (χ2n) is 5.95. The van der Waals surface area contributed by atoms with Crippen molar-refractivity contribution in [2.24, 2.45) is 5.16 Å². The first-order valence-corrected chi connectivity index (χ1v) is 10.9. The quantitative estimate of drug-likeness (QED) is 0.216. The second kappa shape index (κ2) is 10.3. The maximum Gasteiger partial charge on any atom is 0.167 e. The van der Waals surface area contributed by atoms with Crippen molar-refractivity contribution in [1.29, 1.82) is 0 Å². The molecular weight excluding hydrogens is 412 g/mol. The third-order valence-corrected chi connectivity index (χ3v) is 5.42. The van der Waals surface area contributed by atoms with Gasteiger partial charge in [0.05, 0.1) is 10.6 Å². The summed E-state index contributed by atoms with van der Waals surface area (Å²) in [5.74, 6) is 6.24. The summed E-state index contributed by atoms with van der Waals surface area (Å²) in [6, 6.07) is 7.43. The van der Waals surface area contributed by atoms with Gasteiger partial charge in [0.2, 0.25) is 0 Å². The lowest BCUT2D eigenvalue weighted by Crippen LogP contribution is -2.07. The van der Waals surface area contributed by atoms with Crippen LogP contribution >= 0.6 is 34.5 Å². The van der Waals surface area contributed by atoms with Crippen molar-refractivity contribution in [3.63, 3.8) is 0 Å². The van der Waals surface area contributed by atoms with Crippen LogP contribution in [-0.2, 0) is 11.4 Å². The van der Waals surface area contributed by atoms with Crippen LogP contribution in [-0.4, -0.2) is 20.3 Å². The zero-order valence-electron chi connectivity index (χ0n) is 15.6. The number of benzene rings is 1. The Balaban J connectivity index is 1.73. The molecule has 144 valence electrons. The first kappa shape index (κ1) is 20.5. The number of oxime groups is 1. The van der Waals surface area contributed by atoms with E-state index in [1.165, 1.54) is 22.9 Å². The molecule has 0 radical (unpaired) electrons. The van der Waals surface area contributed by atoms with Crippen LogP contribution in [0.2, 0.25) is 5.02 Å². The highest BCUT2D eigenvalue weighted by Gasteiger charge is 2.15. The van der Waals surface area contributed by atoms with E-state index in [-0.39, 0.29) is 6.61 Å². The summed E-state index contributed by atoms with van der Waals surface area (Å²) in [5.41, 5.74) is 2.91. The van der Waals surface area contributed by atoms with E-state index >= 15 is 0 Å². The summed E-state index contributed by atoms with van der Waals surface area (Å²) in [7, 11) is 0. The lowest BCUT2D eigenvalue weighted by atomic mass is 10.1. The molecule has 0 N–H and O–H groups in total. The van der Waals surface area contributed by atoms with Crippen LogP contribution < -0.4 is 0 Å². The highest BCUT2D eigenvalue weighted by Crippen LogP contribution is 2.19. The van der Waals surface area contributed by atoms with E-state index in [1.807, 2.05) is 36.6 Å². The van der Waals surface area contributed by atoms with Gasteiger partial charge in [-0.1, -0.05) is 52.6 Å². The van der Waals surface area contributed by atoms with Gasteiger partial charge in [0.25, 0.3) is 0 Å². The number of halogens is 1. The molecule has 0 saturated carbocycles. The SMILES string of the molecule is CCCCC#Cc1nc(CO/N=C(/c2cccc(Cl)c2)c2nnsc2C)cs1. The van der Waals surface area contributed by atoms with E-state index in [4.69, 9.17) is 16.4 Å². The molecule has 28 heavy (non-hydrogen) atoms. The first-order valence-electron chi connectivity index (χ1n) is 8.86. The van der Waals surface area contributed by atoms with Gasteiger partial charge in [-0.25, -0.2) is 4.98 Å². The molecule has 1 aromatic carbocycles.